The second kappa shape index (κ2) is 9.17. The molecule has 0 aliphatic carbocycles. The molecule has 2 heterocycles. The summed E-state index contributed by atoms with van der Waals surface area (Å²) in [6.07, 6.45) is 2.70. The topological polar surface area (TPSA) is 66.9 Å². The molecule has 0 unspecified atom stereocenters. The lowest BCUT2D eigenvalue weighted by Gasteiger charge is -2.06. The van der Waals surface area contributed by atoms with Crippen molar-refractivity contribution in [1.82, 2.24) is 15.3 Å². The summed E-state index contributed by atoms with van der Waals surface area (Å²) in [7, 11) is 1.78. The Bertz CT molecular complexity index is 945. The van der Waals surface area contributed by atoms with E-state index in [4.69, 9.17) is 23.2 Å². The van der Waals surface area contributed by atoms with Crippen LogP contribution in [0, 0.1) is 0 Å². The number of hydrogen-bond acceptors (Lipinski definition) is 5. The van der Waals surface area contributed by atoms with E-state index >= 15 is 0 Å². The van der Waals surface area contributed by atoms with E-state index in [2.05, 4.69) is 20.6 Å². The summed E-state index contributed by atoms with van der Waals surface area (Å²) in [5, 5.41) is 9.05. The average Bonchev–Trinajstić information content (AvgIpc) is 3.12. The maximum absolute atomic E-state index is 12.2. The third kappa shape index (κ3) is 5.42. The normalized spacial score (nSPS) is 10.6. The first-order valence-electron chi connectivity index (χ1n) is 8.34. The Morgan fingerprint density at radius 3 is 2.85 bits per heavy atom. The van der Waals surface area contributed by atoms with Gasteiger partial charge >= 0.3 is 0 Å². The molecular formula is C19H18Cl2N4OS. The highest BCUT2D eigenvalue weighted by Crippen LogP contribution is 2.26. The number of aromatic nitrogens is 2. The predicted molar refractivity (Wildman–Crippen MR) is 112 cm³/mol. The Hall–Kier alpha value is -2.15. The number of anilines is 1. The molecule has 0 saturated carbocycles. The highest BCUT2D eigenvalue weighted by molar-refractivity contribution is 7.13. The number of nitrogens with one attached hydrogen (secondary N) is 2. The summed E-state index contributed by atoms with van der Waals surface area (Å²) in [6, 6.07) is 9.22. The van der Waals surface area contributed by atoms with Crippen LogP contribution in [0.5, 0.6) is 0 Å². The van der Waals surface area contributed by atoms with Gasteiger partial charge in [0.15, 0.2) is 0 Å². The molecule has 1 aromatic carbocycles. The average molecular weight is 421 g/mol. The van der Waals surface area contributed by atoms with Crippen molar-refractivity contribution in [1.29, 1.82) is 0 Å². The molecule has 3 rings (SSSR count). The van der Waals surface area contributed by atoms with Gasteiger partial charge in [-0.15, -0.1) is 11.3 Å². The third-order valence-electron chi connectivity index (χ3n) is 3.88. The van der Waals surface area contributed by atoms with Gasteiger partial charge in [-0.1, -0.05) is 29.3 Å². The number of carbonyl (C=O) groups excluding carboxylic acids is 1. The van der Waals surface area contributed by atoms with Crippen molar-refractivity contribution in [2.75, 3.05) is 18.9 Å². The van der Waals surface area contributed by atoms with Crippen LogP contribution in [-0.4, -0.2) is 29.5 Å². The molecule has 0 spiro atoms. The zero-order valence-corrected chi connectivity index (χ0v) is 17.0. The van der Waals surface area contributed by atoms with Gasteiger partial charge in [0.25, 0.3) is 0 Å². The fraction of sp³-hybridized carbons (Fsp3) is 0.211. The first-order valence-corrected chi connectivity index (χ1v) is 9.98. The number of benzene rings is 1. The van der Waals surface area contributed by atoms with E-state index in [9.17, 15) is 4.79 Å². The quantitative estimate of drug-likeness (QED) is 0.592. The Morgan fingerprint density at radius 2 is 2.07 bits per heavy atom. The van der Waals surface area contributed by atoms with E-state index in [1.807, 2.05) is 23.6 Å². The predicted octanol–water partition coefficient (Wildman–Crippen LogP) is 4.46. The number of amides is 1. The van der Waals surface area contributed by atoms with E-state index in [-0.39, 0.29) is 5.91 Å². The van der Waals surface area contributed by atoms with Gasteiger partial charge in [0.1, 0.15) is 0 Å². The van der Waals surface area contributed by atoms with E-state index in [1.165, 1.54) is 0 Å². The molecule has 3 aromatic rings. The molecule has 0 aliphatic rings. The Kier molecular flexibility index (Phi) is 6.66. The fourth-order valence-electron chi connectivity index (χ4n) is 2.53. The van der Waals surface area contributed by atoms with Crippen LogP contribution in [0.1, 0.15) is 11.1 Å². The lowest BCUT2D eigenvalue weighted by atomic mass is 10.1. The van der Waals surface area contributed by atoms with E-state index in [1.54, 1.807) is 36.7 Å². The van der Waals surface area contributed by atoms with E-state index in [0.29, 0.717) is 35.4 Å². The summed E-state index contributed by atoms with van der Waals surface area (Å²) in [6.45, 7) is 0.522. The molecule has 0 bridgehead atoms. The molecule has 8 heteroatoms. The molecule has 140 valence electrons. The number of rotatable bonds is 7. The van der Waals surface area contributed by atoms with Crippen molar-refractivity contribution in [2.24, 2.45) is 0 Å². The SMILES string of the molecule is CNc1nccc(-c2cc(CC(=O)NCCc3ccc(Cl)cc3Cl)cs2)n1. The lowest BCUT2D eigenvalue weighted by molar-refractivity contribution is -0.120. The minimum Gasteiger partial charge on any atom is -0.357 e. The molecule has 27 heavy (non-hydrogen) atoms. The molecule has 0 fully saturated rings. The molecule has 5 nitrogen and oxygen atoms in total. The van der Waals surface area contributed by atoms with Crippen LogP contribution in [0.4, 0.5) is 5.95 Å². The molecular weight excluding hydrogens is 403 g/mol. The zero-order valence-electron chi connectivity index (χ0n) is 14.6. The van der Waals surface area contributed by atoms with Crippen LogP contribution in [-0.2, 0) is 17.6 Å². The van der Waals surface area contributed by atoms with Crippen molar-refractivity contribution in [3.8, 4) is 10.6 Å². The minimum absolute atomic E-state index is 0.0250. The Balaban J connectivity index is 1.53. The maximum Gasteiger partial charge on any atom is 0.224 e. The van der Waals surface area contributed by atoms with E-state index in [0.717, 1.165) is 21.7 Å². The summed E-state index contributed by atoms with van der Waals surface area (Å²) < 4.78 is 0. The van der Waals surface area contributed by atoms with Gasteiger partial charge in [-0.3, -0.25) is 4.79 Å². The molecule has 2 N–H and O–H groups in total. The van der Waals surface area contributed by atoms with Gasteiger partial charge in [0.2, 0.25) is 11.9 Å². The molecule has 0 atom stereocenters. The Labute approximate surface area is 171 Å². The van der Waals surface area contributed by atoms with Crippen molar-refractivity contribution in [3.05, 3.63) is 63.1 Å². The second-order valence-electron chi connectivity index (χ2n) is 5.85. The standard InChI is InChI=1S/C19H18Cl2N4OS/c1-22-19-24-7-5-16(25-19)17-8-12(11-27-17)9-18(26)23-6-4-13-2-3-14(20)10-15(13)21/h2-3,5,7-8,10-11H,4,6,9H2,1H3,(H,23,26)(H,22,24,25). The fourth-order valence-corrected chi connectivity index (χ4v) is 3.91. The molecule has 2 aromatic heterocycles. The summed E-state index contributed by atoms with van der Waals surface area (Å²) in [4.78, 5) is 21.7. The Morgan fingerprint density at radius 1 is 1.22 bits per heavy atom. The molecule has 1 amide bonds. The molecule has 0 saturated heterocycles. The van der Waals surface area contributed by atoms with Gasteiger partial charge in [-0.2, -0.15) is 0 Å². The van der Waals surface area contributed by atoms with Crippen LogP contribution in [0.2, 0.25) is 10.0 Å². The van der Waals surface area contributed by atoms with Gasteiger partial charge in [-0.05, 0) is 47.2 Å². The van der Waals surface area contributed by atoms with E-state index < -0.39 is 0 Å². The largest absolute Gasteiger partial charge is 0.357 e. The number of carbonyl (C=O) groups is 1. The molecule has 0 aliphatic heterocycles. The van der Waals surface area contributed by atoms with Crippen LogP contribution in [0.15, 0.2) is 41.9 Å². The lowest BCUT2D eigenvalue weighted by Crippen LogP contribution is -2.27. The first-order chi connectivity index (χ1) is 13.0. The number of hydrogen-bond donors (Lipinski definition) is 2. The number of thiophene rings is 1. The van der Waals surface area contributed by atoms with Crippen LogP contribution < -0.4 is 10.6 Å². The summed E-state index contributed by atoms with van der Waals surface area (Å²) >= 11 is 13.6. The minimum atomic E-state index is -0.0250. The maximum atomic E-state index is 12.2. The highest BCUT2D eigenvalue weighted by Gasteiger charge is 2.09. The number of halogens is 2. The van der Waals surface area contributed by atoms with Crippen molar-refractivity contribution < 1.29 is 4.79 Å². The third-order valence-corrected chi connectivity index (χ3v) is 5.47. The summed E-state index contributed by atoms with van der Waals surface area (Å²) in [5.41, 5.74) is 2.76. The van der Waals surface area contributed by atoms with Crippen molar-refractivity contribution >= 4 is 46.4 Å². The van der Waals surface area contributed by atoms with Gasteiger partial charge in [-0.25, -0.2) is 9.97 Å². The molecule has 0 radical (unpaired) electrons. The second-order valence-corrected chi connectivity index (χ2v) is 7.60. The van der Waals surface area contributed by atoms with Gasteiger partial charge in [0.05, 0.1) is 17.0 Å². The van der Waals surface area contributed by atoms with Crippen LogP contribution in [0.25, 0.3) is 10.6 Å². The first kappa shape index (κ1) is 19.6. The van der Waals surface area contributed by atoms with Gasteiger partial charge in [0, 0.05) is 29.8 Å². The van der Waals surface area contributed by atoms with Crippen LogP contribution >= 0.6 is 34.5 Å². The van der Waals surface area contributed by atoms with Crippen LogP contribution in [0.3, 0.4) is 0 Å². The summed E-state index contributed by atoms with van der Waals surface area (Å²) in [5.74, 6) is 0.545. The van der Waals surface area contributed by atoms with Gasteiger partial charge < -0.3 is 10.6 Å². The smallest absolute Gasteiger partial charge is 0.224 e. The monoisotopic (exact) mass is 420 g/mol. The number of nitrogens with zero attached hydrogens (tertiary/aromatic N) is 2. The highest BCUT2D eigenvalue weighted by atomic mass is 35.5. The van der Waals surface area contributed by atoms with Crippen molar-refractivity contribution in [3.63, 3.8) is 0 Å². The van der Waals surface area contributed by atoms with Crippen molar-refractivity contribution in [2.45, 2.75) is 12.8 Å². The zero-order chi connectivity index (χ0) is 19.2.